The first-order chi connectivity index (χ1) is 13.1. The van der Waals surface area contributed by atoms with Crippen LogP contribution in [0.2, 0.25) is 0 Å². The zero-order valence-electron chi connectivity index (χ0n) is 14.6. The van der Waals surface area contributed by atoms with Gasteiger partial charge in [-0.25, -0.2) is 4.98 Å². The van der Waals surface area contributed by atoms with Crippen LogP contribution < -0.4 is 10.1 Å². The minimum Gasteiger partial charge on any atom is -0.482 e. The van der Waals surface area contributed by atoms with Crippen molar-refractivity contribution >= 4 is 29.1 Å². The number of rotatable bonds is 5. The van der Waals surface area contributed by atoms with Crippen LogP contribution in [0.3, 0.4) is 0 Å². The summed E-state index contributed by atoms with van der Waals surface area (Å²) in [6.45, 7) is 1.83. The lowest BCUT2D eigenvalue weighted by Crippen LogP contribution is -2.25. The molecule has 2 heterocycles. The maximum absolute atomic E-state index is 12.8. The van der Waals surface area contributed by atoms with E-state index < -0.39 is 0 Å². The van der Waals surface area contributed by atoms with E-state index >= 15 is 0 Å². The van der Waals surface area contributed by atoms with Gasteiger partial charge in [0.1, 0.15) is 5.75 Å². The van der Waals surface area contributed by atoms with Crippen LogP contribution in [0.15, 0.2) is 59.9 Å². The Bertz CT molecular complexity index is 1000. The van der Waals surface area contributed by atoms with Crippen molar-refractivity contribution in [2.45, 2.75) is 17.3 Å². The molecule has 0 saturated heterocycles. The van der Waals surface area contributed by atoms with Crippen LogP contribution in [0, 0.1) is 0 Å². The second kappa shape index (κ2) is 7.28. The molecule has 0 fully saturated rings. The molecule has 1 aromatic heterocycles. The molecule has 136 valence electrons. The molecule has 27 heavy (non-hydrogen) atoms. The minimum absolute atomic E-state index is 0.00517. The van der Waals surface area contributed by atoms with Gasteiger partial charge < -0.3 is 15.0 Å². The van der Waals surface area contributed by atoms with Crippen LogP contribution >= 0.6 is 11.8 Å². The highest BCUT2D eigenvalue weighted by Crippen LogP contribution is 2.31. The Labute approximate surface area is 160 Å². The number of benzene rings is 2. The fourth-order valence-electron chi connectivity index (χ4n) is 2.82. The van der Waals surface area contributed by atoms with E-state index in [0.717, 1.165) is 11.3 Å². The number of thioether (sulfide) groups is 1. The van der Waals surface area contributed by atoms with Crippen LogP contribution in [0.5, 0.6) is 5.75 Å². The molecule has 3 aromatic rings. The zero-order chi connectivity index (χ0) is 18.8. The molecule has 1 amide bonds. The Morgan fingerprint density at radius 3 is 2.85 bits per heavy atom. The highest BCUT2D eigenvalue weighted by molar-refractivity contribution is 8.00. The largest absolute Gasteiger partial charge is 0.482 e. The molecule has 0 aliphatic carbocycles. The first kappa shape index (κ1) is 17.4. The number of nitrogens with one attached hydrogen (secondary N) is 2. The number of nitrogens with zero attached hydrogens (tertiary/aromatic N) is 1. The number of imidazole rings is 1. The van der Waals surface area contributed by atoms with E-state index in [4.69, 9.17) is 4.74 Å². The molecule has 1 aliphatic rings. The lowest BCUT2D eigenvalue weighted by atomic mass is 10.1. The minimum atomic E-state index is -0.335. The highest BCUT2D eigenvalue weighted by atomic mass is 32.2. The summed E-state index contributed by atoms with van der Waals surface area (Å²) in [5.74, 6) is 0.309. The first-order valence-corrected chi connectivity index (χ1v) is 9.36. The van der Waals surface area contributed by atoms with Gasteiger partial charge in [0, 0.05) is 5.56 Å². The molecule has 4 rings (SSSR count). The molecule has 6 nitrogen and oxygen atoms in total. The van der Waals surface area contributed by atoms with Crippen LogP contribution in [-0.2, 0) is 4.79 Å². The number of hydrogen-bond acceptors (Lipinski definition) is 5. The number of fused-ring (bicyclic) bond motifs is 1. The van der Waals surface area contributed by atoms with Crippen molar-refractivity contribution in [3.63, 3.8) is 0 Å². The molecule has 0 radical (unpaired) electrons. The van der Waals surface area contributed by atoms with Gasteiger partial charge in [0.2, 0.25) is 0 Å². The average Bonchev–Trinajstić information content (AvgIpc) is 3.16. The third-order valence-corrected chi connectivity index (χ3v) is 5.19. The summed E-state index contributed by atoms with van der Waals surface area (Å²) in [4.78, 5) is 31.9. The monoisotopic (exact) mass is 379 g/mol. The van der Waals surface area contributed by atoms with E-state index in [2.05, 4.69) is 15.3 Å². The summed E-state index contributed by atoms with van der Waals surface area (Å²) >= 11 is 1.37. The third-order valence-electron chi connectivity index (χ3n) is 4.19. The molecule has 1 unspecified atom stereocenters. The molecular formula is C20H17N3O3S. The Hall–Kier alpha value is -3.06. The van der Waals surface area contributed by atoms with Crippen LogP contribution in [0.25, 0.3) is 11.3 Å². The maximum atomic E-state index is 12.8. The second-order valence-electron chi connectivity index (χ2n) is 6.14. The third kappa shape index (κ3) is 3.73. The lowest BCUT2D eigenvalue weighted by molar-refractivity contribution is -0.118. The number of Topliss-reactive ketones (excluding diaryl/α,β-unsaturated/α-hetero) is 1. The number of H-pyrrole nitrogens is 1. The Balaban J connectivity index is 1.48. The number of ether oxygens (including phenoxy) is 1. The van der Waals surface area contributed by atoms with Gasteiger partial charge in [-0.3, -0.25) is 9.59 Å². The fourth-order valence-corrected chi connectivity index (χ4v) is 3.68. The summed E-state index contributed by atoms with van der Waals surface area (Å²) in [5.41, 5.74) is 3.00. The van der Waals surface area contributed by atoms with Gasteiger partial charge in [-0.15, -0.1) is 0 Å². The van der Waals surface area contributed by atoms with Crippen molar-refractivity contribution in [3.05, 3.63) is 60.3 Å². The summed E-state index contributed by atoms with van der Waals surface area (Å²) in [5, 5.41) is 3.07. The van der Waals surface area contributed by atoms with E-state index in [9.17, 15) is 9.59 Å². The SMILES string of the molecule is CC(Sc1ncc(-c2ccccc2)[nH]1)C(=O)c1ccc2c(c1)NC(=O)CO2. The van der Waals surface area contributed by atoms with Crippen molar-refractivity contribution < 1.29 is 14.3 Å². The van der Waals surface area contributed by atoms with E-state index in [-0.39, 0.29) is 23.5 Å². The quantitative estimate of drug-likeness (QED) is 0.521. The molecule has 2 aromatic carbocycles. The number of ketones is 1. The second-order valence-corrected chi connectivity index (χ2v) is 7.47. The highest BCUT2D eigenvalue weighted by Gasteiger charge is 2.22. The van der Waals surface area contributed by atoms with E-state index in [1.807, 2.05) is 37.3 Å². The molecule has 0 bridgehead atoms. The molecule has 0 saturated carbocycles. The predicted molar refractivity (Wildman–Crippen MR) is 104 cm³/mol. The fraction of sp³-hybridized carbons (Fsp3) is 0.150. The van der Waals surface area contributed by atoms with Gasteiger partial charge in [0.05, 0.1) is 22.8 Å². The first-order valence-electron chi connectivity index (χ1n) is 8.48. The van der Waals surface area contributed by atoms with E-state index in [1.165, 1.54) is 11.8 Å². The number of anilines is 1. The Kier molecular flexibility index (Phi) is 4.68. The van der Waals surface area contributed by atoms with Gasteiger partial charge in [-0.1, -0.05) is 42.1 Å². The standard InChI is InChI=1S/C20H17N3O3S/c1-12(27-20-21-10-16(23-20)13-5-3-2-4-6-13)19(25)14-7-8-17-15(9-14)22-18(24)11-26-17/h2-10,12H,11H2,1H3,(H,21,23)(H,22,24). The number of aromatic nitrogens is 2. The summed E-state index contributed by atoms with van der Waals surface area (Å²) in [6.07, 6.45) is 1.76. The van der Waals surface area contributed by atoms with Crippen LogP contribution in [0.4, 0.5) is 5.69 Å². The van der Waals surface area contributed by atoms with Gasteiger partial charge in [-0.2, -0.15) is 0 Å². The smallest absolute Gasteiger partial charge is 0.262 e. The van der Waals surface area contributed by atoms with Gasteiger partial charge in [0.15, 0.2) is 17.5 Å². The maximum Gasteiger partial charge on any atom is 0.262 e. The summed E-state index contributed by atoms with van der Waals surface area (Å²) in [7, 11) is 0. The molecule has 2 N–H and O–H groups in total. The van der Waals surface area contributed by atoms with Crippen molar-refractivity contribution in [2.24, 2.45) is 0 Å². The number of carbonyl (C=O) groups is 2. The molecular weight excluding hydrogens is 362 g/mol. The molecule has 1 aliphatic heterocycles. The zero-order valence-corrected chi connectivity index (χ0v) is 15.4. The van der Waals surface area contributed by atoms with Crippen molar-refractivity contribution in [1.29, 1.82) is 0 Å². The lowest BCUT2D eigenvalue weighted by Gasteiger charge is -2.18. The van der Waals surface area contributed by atoms with Crippen LogP contribution in [-0.4, -0.2) is 33.5 Å². The van der Waals surface area contributed by atoms with Crippen LogP contribution in [0.1, 0.15) is 17.3 Å². The van der Waals surface area contributed by atoms with Gasteiger partial charge in [0.25, 0.3) is 5.91 Å². The predicted octanol–water partition coefficient (Wildman–Crippen LogP) is 3.77. The molecule has 1 atom stereocenters. The van der Waals surface area contributed by atoms with Gasteiger partial charge >= 0.3 is 0 Å². The summed E-state index contributed by atoms with van der Waals surface area (Å²) < 4.78 is 5.33. The normalized spacial score (nSPS) is 14.0. The number of hydrogen-bond donors (Lipinski definition) is 2. The van der Waals surface area contributed by atoms with E-state index in [0.29, 0.717) is 22.2 Å². The van der Waals surface area contributed by atoms with Crippen molar-refractivity contribution in [2.75, 3.05) is 11.9 Å². The number of carbonyl (C=O) groups excluding carboxylic acids is 2. The summed E-state index contributed by atoms with van der Waals surface area (Å²) in [6, 6.07) is 15.0. The Morgan fingerprint density at radius 2 is 2.04 bits per heavy atom. The topological polar surface area (TPSA) is 84.1 Å². The van der Waals surface area contributed by atoms with E-state index in [1.54, 1.807) is 24.4 Å². The van der Waals surface area contributed by atoms with Gasteiger partial charge in [-0.05, 0) is 30.7 Å². The molecule has 0 spiro atoms. The number of aromatic amines is 1. The Morgan fingerprint density at radius 1 is 1.22 bits per heavy atom. The number of amides is 1. The van der Waals surface area contributed by atoms with Crippen molar-refractivity contribution in [3.8, 4) is 17.0 Å². The average molecular weight is 379 g/mol. The molecule has 7 heteroatoms. The van der Waals surface area contributed by atoms with Crippen molar-refractivity contribution in [1.82, 2.24) is 9.97 Å².